The van der Waals surface area contributed by atoms with Crippen LogP contribution in [0.1, 0.15) is 23.3 Å². The maximum absolute atomic E-state index is 12.4. The average molecular weight is 275 g/mol. The first-order chi connectivity index (χ1) is 7.96. The Hall–Kier alpha value is -0.430. The second-order valence-electron chi connectivity index (χ2n) is 4.40. The Balaban J connectivity index is 2.36. The van der Waals surface area contributed by atoms with Crippen LogP contribution in [0.15, 0.2) is 10.3 Å². The fraction of sp³-hybridized carbons (Fsp3) is 0.636. The highest BCUT2D eigenvalue weighted by Gasteiger charge is 2.35. The fourth-order valence-corrected chi connectivity index (χ4v) is 5.42. The third-order valence-electron chi connectivity index (χ3n) is 3.24. The SMILES string of the molecule is Cc1cc(S(=O)(=O)N2CCC[C@@H]2CO)sc1C. The van der Waals surface area contributed by atoms with Crippen LogP contribution < -0.4 is 0 Å². The summed E-state index contributed by atoms with van der Waals surface area (Å²) in [5.41, 5.74) is 1.01. The molecule has 1 aromatic heterocycles. The second kappa shape index (κ2) is 4.68. The van der Waals surface area contributed by atoms with Gasteiger partial charge in [0.2, 0.25) is 0 Å². The monoisotopic (exact) mass is 275 g/mol. The lowest BCUT2D eigenvalue weighted by molar-refractivity contribution is 0.213. The van der Waals surface area contributed by atoms with Crippen LogP contribution in [0.5, 0.6) is 0 Å². The quantitative estimate of drug-likeness (QED) is 0.909. The molecule has 4 nitrogen and oxygen atoms in total. The third kappa shape index (κ3) is 2.27. The highest BCUT2D eigenvalue weighted by Crippen LogP contribution is 2.31. The molecule has 0 aromatic carbocycles. The predicted molar refractivity (Wildman–Crippen MR) is 67.8 cm³/mol. The van der Waals surface area contributed by atoms with Gasteiger partial charge in [0, 0.05) is 17.5 Å². The minimum absolute atomic E-state index is 0.0947. The lowest BCUT2D eigenvalue weighted by Crippen LogP contribution is -2.37. The molecule has 1 N–H and O–H groups in total. The molecular weight excluding hydrogens is 258 g/mol. The van der Waals surface area contributed by atoms with Gasteiger partial charge in [-0.15, -0.1) is 11.3 Å². The standard InChI is InChI=1S/C11H17NO3S2/c1-8-6-11(16-9(8)2)17(14,15)12-5-3-4-10(12)7-13/h6,10,13H,3-5,7H2,1-2H3/t10-/m1/s1. The van der Waals surface area contributed by atoms with Gasteiger partial charge in [-0.2, -0.15) is 4.31 Å². The Morgan fingerprint density at radius 1 is 1.53 bits per heavy atom. The lowest BCUT2D eigenvalue weighted by Gasteiger charge is -2.21. The summed E-state index contributed by atoms with van der Waals surface area (Å²) in [6, 6.07) is 1.48. The second-order valence-corrected chi connectivity index (χ2v) is 7.77. The number of nitrogens with zero attached hydrogens (tertiary/aromatic N) is 1. The summed E-state index contributed by atoms with van der Waals surface area (Å²) in [5.74, 6) is 0. The number of hydrogen-bond donors (Lipinski definition) is 1. The molecule has 1 atom stereocenters. The number of sulfonamides is 1. The van der Waals surface area contributed by atoms with Gasteiger partial charge < -0.3 is 5.11 Å². The molecule has 0 saturated carbocycles. The molecule has 1 aromatic rings. The van der Waals surface area contributed by atoms with Crippen molar-refractivity contribution in [1.29, 1.82) is 0 Å². The Labute approximate surface area is 106 Å². The Morgan fingerprint density at radius 2 is 2.24 bits per heavy atom. The first-order valence-electron chi connectivity index (χ1n) is 5.66. The van der Waals surface area contributed by atoms with Crippen LogP contribution in [0, 0.1) is 13.8 Å². The summed E-state index contributed by atoms with van der Waals surface area (Å²) in [7, 11) is -3.41. The van der Waals surface area contributed by atoms with Crippen molar-refractivity contribution in [2.24, 2.45) is 0 Å². The van der Waals surface area contributed by atoms with Gasteiger partial charge in [0.15, 0.2) is 0 Å². The van der Waals surface area contributed by atoms with Crippen LogP contribution in [-0.4, -0.2) is 37.0 Å². The summed E-state index contributed by atoms with van der Waals surface area (Å²) in [4.78, 5) is 1.03. The third-order valence-corrected chi connectivity index (χ3v) is 6.79. The van der Waals surface area contributed by atoms with Crippen molar-refractivity contribution < 1.29 is 13.5 Å². The molecule has 0 aliphatic carbocycles. The molecule has 0 spiro atoms. The Kier molecular flexibility index (Phi) is 3.58. The molecule has 0 radical (unpaired) electrons. The van der Waals surface area contributed by atoms with Gasteiger partial charge in [-0.1, -0.05) is 0 Å². The van der Waals surface area contributed by atoms with Crippen molar-refractivity contribution in [1.82, 2.24) is 4.31 Å². The number of aliphatic hydroxyl groups is 1. The summed E-state index contributed by atoms with van der Waals surface area (Å²) >= 11 is 1.31. The van der Waals surface area contributed by atoms with Crippen molar-refractivity contribution in [2.45, 2.75) is 36.9 Å². The zero-order chi connectivity index (χ0) is 12.6. The fourth-order valence-electron chi connectivity index (χ4n) is 2.09. The first kappa shape index (κ1) is 13.0. The van der Waals surface area contributed by atoms with Crippen molar-refractivity contribution in [3.8, 4) is 0 Å². The zero-order valence-corrected chi connectivity index (χ0v) is 11.6. The van der Waals surface area contributed by atoms with Gasteiger partial charge in [-0.3, -0.25) is 0 Å². The van der Waals surface area contributed by atoms with E-state index < -0.39 is 10.0 Å². The molecule has 1 aliphatic heterocycles. The van der Waals surface area contributed by atoms with Gasteiger partial charge >= 0.3 is 0 Å². The smallest absolute Gasteiger partial charge is 0.252 e. The van der Waals surface area contributed by atoms with Crippen LogP contribution in [0.2, 0.25) is 0 Å². The molecule has 1 saturated heterocycles. The van der Waals surface area contributed by atoms with Gasteiger partial charge in [0.1, 0.15) is 4.21 Å². The van der Waals surface area contributed by atoms with E-state index in [9.17, 15) is 13.5 Å². The molecule has 0 unspecified atom stereocenters. The van der Waals surface area contributed by atoms with Crippen LogP contribution in [0.4, 0.5) is 0 Å². The van der Waals surface area contributed by atoms with Crippen LogP contribution in [-0.2, 0) is 10.0 Å². The maximum atomic E-state index is 12.4. The zero-order valence-electron chi connectivity index (χ0n) is 10.0. The normalized spacial score (nSPS) is 22.2. The minimum atomic E-state index is -3.41. The van der Waals surface area contributed by atoms with E-state index in [0.29, 0.717) is 10.8 Å². The number of aryl methyl sites for hydroxylation is 2. The van der Waals surface area contributed by atoms with E-state index in [1.807, 2.05) is 13.8 Å². The number of aliphatic hydroxyl groups excluding tert-OH is 1. The van der Waals surface area contributed by atoms with Crippen molar-refractivity contribution in [3.63, 3.8) is 0 Å². The molecule has 1 aliphatic rings. The van der Waals surface area contributed by atoms with Crippen LogP contribution in [0.25, 0.3) is 0 Å². The van der Waals surface area contributed by atoms with E-state index in [-0.39, 0.29) is 12.6 Å². The highest BCUT2D eigenvalue weighted by atomic mass is 32.2. The van der Waals surface area contributed by atoms with E-state index in [1.54, 1.807) is 6.07 Å². The van der Waals surface area contributed by atoms with E-state index in [1.165, 1.54) is 15.6 Å². The van der Waals surface area contributed by atoms with Gasteiger partial charge in [0.25, 0.3) is 10.0 Å². The van der Waals surface area contributed by atoms with Gasteiger partial charge in [0.05, 0.1) is 6.61 Å². The average Bonchev–Trinajstić information content (AvgIpc) is 2.86. The lowest BCUT2D eigenvalue weighted by atomic mass is 10.2. The molecule has 2 rings (SSSR count). The predicted octanol–water partition coefficient (Wildman–Crippen LogP) is 1.51. The maximum Gasteiger partial charge on any atom is 0.252 e. The summed E-state index contributed by atoms with van der Waals surface area (Å²) in [6.07, 6.45) is 1.58. The van der Waals surface area contributed by atoms with Crippen molar-refractivity contribution in [2.75, 3.05) is 13.2 Å². The molecular formula is C11H17NO3S2. The van der Waals surface area contributed by atoms with Gasteiger partial charge in [-0.05, 0) is 38.3 Å². The molecule has 0 bridgehead atoms. The van der Waals surface area contributed by atoms with Crippen molar-refractivity contribution in [3.05, 3.63) is 16.5 Å². The van der Waals surface area contributed by atoms with Crippen LogP contribution >= 0.6 is 11.3 Å². The molecule has 6 heteroatoms. The minimum Gasteiger partial charge on any atom is -0.395 e. The molecule has 0 amide bonds. The molecule has 96 valence electrons. The number of hydrogen-bond acceptors (Lipinski definition) is 4. The summed E-state index contributed by atoms with van der Waals surface area (Å²) < 4.78 is 26.6. The topological polar surface area (TPSA) is 57.6 Å². The van der Waals surface area contributed by atoms with Gasteiger partial charge in [-0.25, -0.2) is 8.42 Å². The van der Waals surface area contributed by atoms with Crippen molar-refractivity contribution >= 4 is 21.4 Å². The summed E-state index contributed by atoms with van der Waals surface area (Å²) in [5, 5.41) is 9.20. The van der Waals surface area contributed by atoms with Crippen LogP contribution in [0.3, 0.4) is 0 Å². The molecule has 1 fully saturated rings. The van der Waals surface area contributed by atoms with E-state index >= 15 is 0 Å². The van der Waals surface area contributed by atoms with E-state index in [0.717, 1.165) is 23.3 Å². The Morgan fingerprint density at radius 3 is 2.76 bits per heavy atom. The first-order valence-corrected chi connectivity index (χ1v) is 7.92. The Bertz CT molecular complexity index is 487. The van der Waals surface area contributed by atoms with E-state index in [4.69, 9.17) is 0 Å². The van der Waals surface area contributed by atoms with E-state index in [2.05, 4.69) is 0 Å². The molecule has 17 heavy (non-hydrogen) atoms. The number of rotatable bonds is 3. The highest BCUT2D eigenvalue weighted by molar-refractivity contribution is 7.91. The summed E-state index contributed by atoms with van der Waals surface area (Å²) in [6.45, 7) is 4.26. The largest absolute Gasteiger partial charge is 0.395 e. The molecule has 2 heterocycles. The number of thiophene rings is 1.